The summed E-state index contributed by atoms with van der Waals surface area (Å²) >= 11 is 0. The number of esters is 1. The van der Waals surface area contributed by atoms with E-state index in [1.54, 1.807) is 0 Å². The highest BCUT2D eigenvalue weighted by Gasteiger charge is 2.34. The third-order valence-electron chi connectivity index (χ3n) is 4.33. The van der Waals surface area contributed by atoms with Crippen LogP contribution in [-0.4, -0.2) is 39.7 Å². The van der Waals surface area contributed by atoms with Crippen LogP contribution < -0.4 is 11.5 Å². The van der Waals surface area contributed by atoms with Gasteiger partial charge in [0.25, 0.3) is 0 Å². The molecule has 2 rings (SSSR count). The Labute approximate surface area is 139 Å². The van der Waals surface area contributed by atoms with Crippen molar-refractivity contribution in [1.29, 1.82) is 0 Å². The summed E-state index contributed by atoms with van der Waals surface area (Å²) in [6.07, 6.45) is 5.91. The monoisotopic (exact) mass is 330 g/mol. The Hall–Kier alpha value is -0.690. The molecule has 0 atom stereocenters. The summed E-state index contributed by atoms with van der Waals surface area (Å²) in [5.74, 6) is -0.272. The fourth-order valence-corrected chi connectivity index (χ4v) is 2.84. The van der Waals surface area contributed by atoms with Crippen LogP contribution in [0.25, 0.3) is 0 Å². The molecule has 0 heterocycles. The Kier molecular flexibility index (Phi) is 7.45. The van der Waals surface area contributed by atoms with Crippen molar-refractivity contribution in [2.75, 3.05) is 0 Å². The number of hydrogen-bond donors (Lipinski definition) is 4. The zero-order chi connectivity index (χ0) is 17.7. The van der Waals surface area contributed by atoms with Gasteiger partial charge in [0.05, 0.1) is 12.0 Å². The Morgan fingerprint density at radius 3 is 1.96 bits per heavy atom. The minimum atomic E-state index is -1.08. The largest absolute Gasteiger partial charge is 0.460 e. The summed E-state index contributed by atoms with van der Waals surface area (Å²) in [6, 6.07) is 0.360. The molecular formula is C17H34N2O4. The van der Waals surface area contributed by atoms with Gasteiger partial charge in [-0.1, -0.05) is 0 Å². The molecule has 0 radical (unpaired) electrons. The van der Waals surface area contributed by atoms with Crippen LogP contribution in [0.4, 0.5) is 0 Å². The van der Waals surface area contributed by atoms with E-state index in [-0.39, 0.29) is 18.0 Å². The summed E-state index contributed by atoms with van der Waals surface area (Å²) in [7, 11) is 0. The van der Waals surface area contributed by atoms with E-state index in [2.05, 4.69) is 0 Å². The van der Waals surface area contributed by atoms with Gasteiger partial charge in [-0.05, 0) is 72.1 Å². The van der Waals surface area contributed by atoms with Gasteiger partial charge in [0.15, 0.2) is 0 Å². The average Bonchev–Trinajstić information content (AvgIpc) is 2.41. The molecular weight excluding hydrogens is 296 g/mol. The van der Waals surface area contributed by atoms with Crippen LogP contribution in [0.5, 0.6) is 0 Å². The average molecular weight is 330 g/mol. The van der Waals surface area contributed by atoms with Crippen molar-refractivity contribution in [2.24, 2.45) is 17.4 Å². The lowest BCUT2D eigenvalue weighted by atomic mass is 9.84. The number of nitrogens with two attached hydrogens (primary N) is 2. The number of hydrogen-bond acceptors (Lipinski definition) is 6. The third kappa shape index (κ3) is 8.65. The number of aliphatic hydroxyl groups excluding tert-OH is 1. The lowest BCUT2D eigenvalue weighted by Gasteiger charge is -2.33. The molecule has 0 saturated heterocycles. The summed E-state index contributed by atoms with van der Waals surface area (Å²) in [4.78, 5) is 11.7. The Morgan fingerprint density at radius 1 is 1.09 bits per heavy atom. The predicted molar refractivity (Wildman–Crippen MR) is 89.4 cm³/mol. The Morgan fingerprint density at radius 2 is 1.57 bits per heavy atom. The number of carbonyl (C=O) groups is 1. The number of rotatable bonds is 1. The minimum Gasteiger partial charge on any atom is -0.460 e. The van der Waals surface area contributed by atoms with Crippen LogP contribution in [-0.2, 0) is 9.53 Å². The van der Waals surface area contributed by atoms with E-state index >= 15 is 0 Å². The van der Waals surface area contributed by atoms with Crippen molar-refractivity contribution in [3.63, 3.8) is 0 Å². The standard InChI is InChI=1S/C11H21NO3.C6H13NO/c1-10(2,3)15-9(13)8-4-6-11(12,14)7-5-8;7-5-1-3-6(8)4-2-5/h8,14H,4-7,12H2,1-3H3;5-6,8H,1-4,7H2. The molecule has 0 aromatic carbocycles. The van der Waals surface area contributed by atoms with Crippen LogP contribution in [0, 0.1) is 5.92 Å². The molecule has 0 amide bonds. The number of carbonyl (C=O) groups excluding carboxylic acids is 1. The van der Waals surface area contributed by atoms with E-state index in [9.17, 15) is 9.90 Å². The zero-order valence-electron chi connectivity index (χ0n) is 14.8. The highest BCUT2D eigenvalue weighted by molar-refractivity contribution is 5.73. The van der Waals surface area contributed by atoms with Gasteiger partial charge in [-0.3, -0.25) is 4.79 Å². The Balaban J connectivity index is 0.000000277. The predicted octanol–water partition coefficient (Wildman–Crippen LogP) is 1.41. The van der Waals surface area contributed by atoms with Gasteiger partial charge in [-0.15, -0.1) is 0 Å². The normalized spacial score (nSPS) is 35.0. The van der Waals surface area contributed by atoms with Gasteiger partial charge in [-0.25, -0.2) is 0 Å². The highest BCUT2D eigenvalue weighted by Crippen LogP contribution is 2.30. The first-order chi connectivity index (χ1) is 10.5. The van der Waals surface area contributed by atoms with Crippen molar-refractivity contribution in [1.82, 2.24) is 0 Å². The molecule has 6 N–H and O–H groups in total. The zero-order valence-corrected chi connectivity index (χ0v) is 14.8. The van der Waals surface area contributed by atoms with Crippen LogP contribution in [0.1, 0.15) is 72.1 Å². The number of ether oxygens (including phenoxy) is 1. The first-order valence-corrected chi connectivity index (χ1v) is 8.66. The molecule has 0 spiro atoms. The van der Waals surface area contributed by atoms with Crippen molar-refractivity contribution < 1.29 is 19.7 Å². The summed E-state index contributed by atoms with van der Waals surface area (Å²) in [6.45, 7) is 5.56. The van der Waals surface area contributed by atoms with Gasteiger partial charge in [0, 0.05) is 6.04 Å². The van der Waals surface area contributed by atoms with Gasteiger partial charge >= 0.3 is 5.97 Å². The van der Waals surface area contributed by atoms with E-state index in [0.29, 0.717) is 31.7 Å². The number of aliphatic hydroxyl groups is 2. The third-order valence-corrected chi connectivity index (χ3v) is 4.33. The van der Waals surface area contributed by atoms with Crippen LogP contribution >= 0.6 is 0 Å². The van der Waals surface area contributed by atoms with Crippen molar-refractivity contribution in [2.45, 2.75) is 95.6 Å². The maximum atomic E-state index is 11.7. The van der Waals surface area contributed by atoms with Crippen LogP contribution in [0.2, 0.25) is 0 Å². The fraction of sp³-hybridized carbons (Fsp3) is 0.941. The Bertz CT molecular complexity index is 351. The maximum absolute atomic E-state index is 11.7. The molecule has 136 valence electrons. The summed E-state index contributed by atoms with van der Waals surface area (Å²) in [5, 5.41) is 18.5. The molecule has 2 fully saturated rings. The lowest BCUT2D eigenvalue weighted by molar-refractivity contribution is -0.162. The molecule has 6 nitrogen and oxygen atoms in total. The molecule has 0 bridgehead atoms. The summed E-state index contributed by atoms with van der Waals surface area (Å²) in [5.41, 5.74) is 9.63. The quantitative estimate of drug-likeness (QED) is 0.426. The SMILES string of the molecule is CC(C)(C)OC(=O)C1CCC(N)(O)CC1.NC1CCC(O)CC1. The second-order valence-corrected chi connectivity index (χ2v) is 7.98. The van der Waals surface area contributed by atoms with Gasteiger partial charge in [0.2, 0.25) is 0 Å². The van der Waals surface area contributed by atoms with E-state index < -0.39 is 11.3 Å². The molecule has 2 saturated carbocycles. The molecule has 2 aliphatic rings. The first kappa shape index (κ1) is 20.4. The minimum absolute atomic E-state index is 0.0604. The molecule has 6 heteroatoms. The van der Waals surface area contributed by atoms with Crippen LogP contribution in [0.15, 0.2) is 0 Å². The smallest absolute Gasteiger partial charge is 0.309 e. The molecule has 0 unspecified atom stereocenters. The van der Waals surface area contributed by atoms with Crippen molar-refractivity contribution in [3.8, 4) is 0 Å². The van der Waals surface area contributed by atoms with Gasteiger partial charge in [-0.2, -0.15) is 0 Å². The second kappa shape index (κ2) is 8.42. The van der Waals surface area contributed by atoms with Gasteiger partial charge < -0.3 is 26.4 Å². The lowest BCUT2D eigenvalue weighted by Crippen LogP contribution is -2.44. The van der Waals surface area contributed by atoms with Gasteiger partial charge in [0.1, 0.15) is 11.3 Å². The van der Waals surface area contributed by atoms with E-state index in [0.717, 1.165) is 25.7 Å². The van der Waals surface area contributed by atoms with Crippen molar-refractivity contribution in [3.05, 3.63) is 0 Å². The van der Waals surface area contributed by atoms with E-state index in [4.69, 9.17) is 21.3 Å². The maximum Gasteiger partial charge on any atom is 0.309 e. The topological polar surface area (TPSA) is 119 Å². The van der Waals surface area contributed by atoms with E-state index in [1.165, 1.54) is 0 Å². The molecule has 0 aliphatic heterocycles. The second-order valence-electron chi connectivity index (χ2n) is 7.98. The molecule has 0 aromatic heterocycles. The highest BCUT2D eigenvalue weighted by atomic mass is 16.6. The first-order valence-electron chi connectivity index (χ1n) is 8.66. The molecule has 2 aliphatic carbocycles. The molecule has 0 aromatic rings. The molecule has 23 heavy (non-hydrogen) atoms. The van der Waals surface area contributed by atoms with Crippen LogP contribution in [0.3, 0.4) is 0 Å². The van der Waals surface area contributed by atoms with E-state index in [1.807, 2.05) is 20.8 Å². The summed E-state index contributed by atoms with van der Waals surface area (Å²) < 4.78 is 5.28. The van der Waals surface area contributed by atoms with Crippen molar-refractivity contribution >= 4 is 5.97 Å². The fourth-order valence-electron chi connectivity index (χ4n) is 2.84.